The monoisotopic (exact) mass is 345 g/mol. The molecule has 0 aliphatic heterocycles. The first kappa shape index (κ1) is 15.8. The number of sulfonamides is 1. The molecule has 2 aliphatic carbocycles. The molecule has 0 radical (unpaired) electrons. The van der Waals surface area contributed by atoms with Gasteiger partial charge in [-0.3, -0.25) is 4.68 Å². The van der Waals surface area contributed by atoms with E-state index in [4.69, 9.17) is 5.10 Å². The van der Waals surface area contributed by atoms with Gasteiger partial charge in [-0.2, -0.15) is 5.10 Å². The molecule has 2 fully saturated rings. The molecule has 0 amide bonds. The summed E-state index contributed by atoms with van der Waals surface area (Å²) in [4.78, 5) is 0.314. The van der Waals surface area contributed by atoms with Crippen molar-refractivity contribution in [2.24, 2.45) is 0 Å². The summed E-state index contributed by atoms with van der Waals surface area (Å²) in [6.45, 7) is 2.89. The molecular formula is C18H23N3O2S. The van der Waals surface area contributed by atoms with Crippen molar-refractivity contribution in [3.05, 3.63) is 47.3 Å². The maximum Gasteiger partial charge on any atom is 0.240 e. The highest BCUT2D eigenvalue weighted by Crippen LogP contribution is 2.44. The average molecular weight is 345 g/mol. The van der Waals surface area contributed by atoms with E-state index in [0.717, 1.165) is 5.56 Å². The standard InChI is InChI=1S/C18H23N3O2S/c1-13-2-8-16(9-3-13)24(22,23)19-10-11-21-18(15-6-7-15)12-17(20-21)14-4-5-14/h2-3,8-9,12,14-15,19H,4-7,10-11H2,1H3. The van der Waals surface area contributed by atoms with Crippen molar-refractivity contribution in [1.29, 1.82) is 0 Å². The van der Waals surface area contributed by atoms with Crippen LogP contribution in [-0.4, -0.2) is 24.7 Å². The van der Waals surface area contributed by atoms with Crippen LogP contribution in [0.5, 0.6) is 0 Å². The molecule has 2 saturated carbocycles. The third-order valence-electron chi connectivity index (χ3n) is 4.77. The number of aromatic nitrogens is 2. The molecule has 0 unspecified atom stereocenters. The summed E-state index contributed by atoms with van der Waals surface area (Å²) < 4.78 is 29.4. The van der Waals surface area contributed by atoms with Crippen molar-refractivity contribution < 1.29 is 8.42 Å². The van der Waals surface area contributed by atoms with Gasteiger partial charge in [-0.05, 0) is 50.8 Å². The van der Waals surface area contributed by atoms with Crippen LogP contribution in [0, 0.1) is 6.92 Å². The van der Waals surface area contributed by atoms with Crippen LogP contribution in [0.3, 0.4) is 0 Å². The van der Waals surface area contributed by atoms with Crippen LogP contribution in [0.4, 0.5) is 0 Å². The summed E-state index contributed by atoms with van der Waals surface area (Å²) in [5.74, 6) is 1.26. The Bertz CT molecular complexity index is 832. The van der Waals surface area contributed by atoms with E-state index < -0.39 is 10.0 Å². The Morgan fingerprint density at radius 2 is 1.79 bits per heavy atom. The van der Waals surface area contributed by atoms with Gasteiger partial charge in [0.2, 0.25) is 10.0 Å². The van der Waals surface area contributed by atoms with Crippen molar-refractivity contribution in [1.82, 2.24) is 14.5 Å². The summed E-state index contributed by atoms with van der Waals surface area (Å²) in [5.41, 5.74) is 3.52. The number of rotatable bonds is 7. The average Bonchev–Trinajstić information content (AvgIpc) is 3.46. The summed E-state index contributed by atoms with van der Waals surface area (Å²) in [6, 6.07) is 9.16. The summed E-state index contributed by atoms with van der Waals surface area (Å²) >= 11 is 0. The van der Waals surface area contributed by atoms with Crippen molar-refractivity contribution >= 4 is 10.0 Å². The molecule has 1 heterocycles. The predicted octanol–water partition coefficient (Wildman–Crippen LogP) is 2.92. The molecule has 0 spiro atoms. The molecule has 1 N–H and O–H groups in total. The van der Waals surface area contributed by atoms with E-state index in [-0.39, 0.29) is 0 Å². The second kappa shape index (κ2) is 6.01. The third-order valence-corrected chi connectivity index (χ3v) is 6.25. The second-order valence-corrected chi connectivity index (χ2v) is 8.74. The summed E-state index contributed by atoms with van der Waals surface area (Å²) in [6.07, 6.45) is 4.93. The Morgan fingerprint density at radius 1 is 1.12 bits per heavy atom. The molecule has 1 aromatic carbocycles. The minimum Gasteiger partial charge on any atom is -0.268 e. The summed E-state index contributed by atoms with van der Waals surface area (Å²) in [7, 11) is -3.45. The molecule has 2 aliphatic rings. The van der Waals surface area contributed by atoms with Crippen molar-refractivity contribution in [3.63, 3.8) is 0 Å². The Kier molecular flexibility index (Phi) is 3.96. The van der Waals surface area contributed by atoms with E-state index in [2.05, 4.69) is 10.8 Å². The molecule has 4 rings (SSSR count). The van der Waals surface area contributed by atoms with E-state index in [9.17, 15) is 8.42 Å². The first-order chi connectivity index (χ1) is 11.5. The molecule has 0 bridgehead atoms. The molecule has 24 heavy (non-hydrogen) atoms. The minimum atomic E-state index is -3.45. The van der Waals surface area contributed by atoms with Gasteiger partial charge in [0.25, 0.3) is 0 Å². The smallest absolute Gasteiger partial charge is 0.240 e. The largest absolute Gasteiger partial charge is 0.268 e. The van der Waals surface area contributed by atoms with Gasteiger partial charge < -0.3 is 0 Å². The highest BCUT2D eigenvalue weighted by molar-refractivity contribution is 7.89. The van der Waals surface area contributed by atoms with Crippen LogP contribution >= 0.6 is 0 Å². The van der Waals surface area contributed by atoms with Crippen LogP contribution in [0.1, 0.15) is 54.5 Å². The minimum absolute atomic E-state index is 0.314. The van der Waals surface area contributed by atoms with Gasteiger partial charge in [-0.15, -0.1) is 0 Å². The van der Waals surface area contributed by atoms with Gasteiger partial charge in [-0.1, -0.05) is 17.7 Å². The predicted molar refractivity (Wildman–Crippen MR) is 92.5 cm³/mol. The van der Waals surface area contributed by atoms with Crippen LogP contribution in [0.15, 0.2) is 35.2 Å². The lowest BCUT2D eigenvalue weighted by Crippen LogP contribution is -2.28. The number of hydrogen-bond donors (Lipinski definition) is 1. The third kappa shape index (κ3) is 3.39. The number of hydrogen-bond acceptors (Lipinski definition) is 3. The van der Waals surface area contributed by atoms with Gasteiger partial charge in [0.05, 0.1) is 17.1 Å². The number of nitrogens with one attached hydrogen (secondary N) is 1. The topological polar surface area (TPSA) is 64.0 Å². The molecule has 5 nitrogen and oxygen atoms in total. The Balaban J connectivity index is 1.42. The highest BCUT2D eigenvalue weighted by Gasteiger charge is 2.32. The molecule has 0 saturated heterocycles. The molecule has 6 heteroatoms. The van der Waals surface area contributed by atoms with E-state index in [1.165, 1.54) is 37.1 Å². The molecule has 2 aromatic rings. The van der Waals surface area contributed by atoms with Crippen molar-refractivity contribution in [2.45, 2.75) is 55.9 Å². The zero-order valence-corrected chi connectivity index (χ0v) is 14.7. The number of aryl methyl sites for hydroxylation is 1. The first-order valence-corrected chi connectivity index (χ1v) is 10.2. The fourth-order valence-corrected chi connectivity index (χ4v) is 4.03. The summed E-state index contributed by atoms with van der Waals surface area (Å²) in [5, 5.41) is 4.72. The highest BCUT2D eigenvalue weighted by atomic mass is 32.2. The zero-order valence-electron chi connectivity index (χ0n) is 13.9. The van der Waals surface area contributed by atoms with Gasteiger partial charge in [0, 0.05) is 24.1 Å². The Morgan fingerprint density at radius 3 is 2.42 bits per heavy atom. The fourth-order valence-electron chi connectivity index (χ4n) is 3.00. The number of benzene rings is 1. The zero-order chi connectivity index (χ0) is 16.7. The maximum absolute atomic E-state index is 12.3. The van der Waals surface area contributed by atoms with Gasteiger partial charge in [0.1, 0.15) is 0 Å². The lowest BCUT2D eigenvalue weighted by molar-refractivity contribution is 0.548. The van der Waals surface area contributed by atoms with Gasteiger partial charge in [-0.25, -0.2) is 13.1 Å². The SMILES string of the molecule is Cc1ccc(S(=O)(=O)NCCn2nc(C3CC3)cc2C2CC2)cc1. The molecule has 0 atom stereocenters. The molecular weight excluding hydrogens is 322 g/mol. The van der Waals surface area contributed by atoms with E-state index >= 15 is 0 Å². The van der Waals surface area contributed by atoms with Crippen LogP contribution in [0.2, 0.25) is 0 Å². The second-order valence-electron chi connectivity index (χ2n) is 6.98. The van der Waals surface area contributed by atoms with E-state index in [1.54, 1.807) is 12.1 Å². The lowest BCUT2D eigenvalue weighted by Gasteiger charge is -2.09. The normalized spacial score (nSPS) is 18.0. The van der Waals surface area contributed by atoms with Crippen LogP contribution in [-0.2, 0) is 16.6 Å². The Labute approximate surface area is 143 Å². The molecule has 128 valence electrons. The fraction of sp³-hybridized carbons (Fsp3) is 0.500. The van der Waals surface area contributed by atoms with Crippen molar-refractivity contribution in [2.75, 3.05) is 6.54 Å². The quantitative estimate of drug-likeness (QED) is 0.839. The van der Waals surface area contributed by atoms with E-state index in [1.807, 2.05) is 23.7 Å². The van der Waals surface area contributed by atoms with Crippen LogP contribution < -0.4 is 4.72 Å². The molecule has 1 aromatic heterocycles. The van der Waals surface area contributed by atoms with Crippen LogP contribution in [0.25, 0.3) is 0 Å². The number of nitrogens with zero attached hydrogens (tertiary/aromatic N) is 2. The van der Waals surface area contributed by atoms with Crippen molar-refractivity contribution in [3.8, 4) is 0 Å². The lowest BCUT2D eigenvalue weighted by atomic mass is 10.2. The van der Waals surface area contributed by atoms with E-state index in [0.29, 0.717) is 29.8 Å². The maximum atomic E-state index is 12.3. The first-order valence-electron chi connectivity index (χ1n) is 8.67. The van der Waals surface area contributed by atoms with Gasteiger partial charge >= 0.3 is 0 Å². The van der Waals surface area contributed by atoms with Gasteiger partial charge in [0.15, 0.2) is 0 Å². The Hall–Kier alpha value is -1.66.